The molecule has 0 spiro atoms. The van der Waals surface area contributed by atoms with Crippen LogP contribution in [-0.2, 0) is 11.8 Å². The SMILES string of the molecule is CC(=O)N1CC=C(c2cc3c(N[C@H](C)c4cccc(C(F)F)c4F)nc(C)nc3n(C)c2=O)CC1. The number of pyridine rings is 1. The lowest BCUT2D eigenvalue weighted by atomic mass is 9.99. The van der Waals surface area contributed by atoms with Gasteiger partial charge < -0.3 is 10.2 Å². The number of aromatic nitrogens is 3. The van der Waals surface area contributed by atoms with E-state index in [1.165, 1.54) is 23.6 Å². The number of benzene rings is 1. The number of halogens is 3. The molecule has 1 amide bonds. The topological polar surface area (TPSA) is 80.1 Å². The first-order valence-corrected chi connectivity index (χ1v) is 11.2. The Labute approximate surface area is 200 Å². The molecule has 0 unspecified atom stereocenters. The van der Waals surface area contributed by atoms with Crippen LogP contribution in [0.25, 0.3) is 16.6 Å². The summed E-state index contributed by atoms with van der Waals surface area (Å²) in [7, 11) is 1.62. The second-order valence-electron chi connectivity index (χ2n) is 8.64. The number of hydrogen-bond donors (Lipinski definition) is 1. The summed E-state index contributed by atoms with van der Waals surface area (Å²) in [6, 6.07) is 4.92. The third-order valence-corrected chi connectivity index (χ3v) is 6.29. The van der Waals surface area contributed by atoms with Crippen LogP contribution in [0.2, 0.25) is 0 Å². The lowest BCUT2D eigenvalue weighted by molar-refractivity contribution is -0.128. The molecule has 2 aromatic heterocycles. The van der Waals surface area contributed by atoms with Gasteiger partial charge in [0.1, 0.15) is 23.1 Å². The number of hydrogen-bond acceptors (Lipinski definition) is 5. The number of anilines is 1. The van der Waals surface area contributed by atoms with E-state index in [9.17, 15) is 22.8 Å². The van der Waals surface area contributed by atoms with Gasteiger partial charge in [-0.1, -0.05) is 24.3 Å². The van der Waals surface area contributed by atoms with E-state index in [0.29, 0.717) is 47.7 Å². The van der Waals surface area contributed by atoms with Crippen LogP contribution in [0.4, 0.5) is 19.0 Å². The van der Waals surface area contributed by atoms with Crippen LogP contribution in [0.15, 0.2) is 35.1 Å². The molecule has 184 valence electrons. The second kappa shape index (κ2) is 9.52. The van der Waals surface area contributed by atoms with Crippen molar-refractivity contribution in [2.24, 2.45) is 7.05 Å². The molecular weight excluding hydrogens is 459 g/mol. The van der Waals surface area contributed by atoms with E-state index >= 15 is 0 Å². The Kier molecular flexibility index (Phi) is 6.64. The van der Waals surface area contributed by atoms with Crippen molar-refractivity contribution in [3.05, 3.63) is 69.0 Å². The average molecular weight is 486 g/mol. The van der Waals surface area contributed by atoms with Gasteiger partial charge in [0, 0.05) is 38.2 Å². The molecule has 3 aromatic rings. The van der Waals surface area contributed by atoms with Gasteiger partial charge in [-0.15, -0.1) is 0 Å². The van der Waals surface area contributed by atoms with E-state index in [-0.39, 0.29) is 17.0 Å². The van der Waals surface area contributed by atoms with Crippen molar-refractivity contribution in [3.63, 3.8) is 0 Å². The van der Waals surface area contributed by atoms with Crippen LogP contribution in [-0.4, -0.2) is 38.4 Å². The van der Waals surface area contributed by atoms with Crippen molar-refractivity contribution in [2.45, 2.75) is 39.7 Å². The van der Waals surface area contributed by atoms with Crippen molar-refractivity contribution in [1.29, 1.82) is 0 Å². The van der Waals surface area contributed by atoms with Gasteiger partial charge in [-0.25, -0.2) is 23.1 Å². The van der Waals surface area contributed by atoms with E-state index < -0.39 is 23.8 Å². The number of amides is 1. The maximum Gasteiger partial charge on any atom is 0.266 e. The molecule has 4 rings (SSSR count). The fraction of sp³-hybridized carbons (Fsp3) is 0.360. The molecule has 0 saturated carbocycles. The first-order chi connectivity index (χ1) is 16.6. The standard InChI is InChI=1S/C25H26F3N5O2/c1-13(17-6-5-7-18(21(17)26)22(27)28)29-23-20-12-19(16-8-10-33(11-9-16)15(3)34)25(35)32(4)24(20)31-14(2)30-23/h5-8,12-13,22H,9-11H2,1-4H3,(H,29,30,31)/t13-/m1/s1. The van der Waals surface area contributed by atoms with Crippen LogP contribution in [0.5, 0.6) is 0 Å². The maximum atomic E-state index is 14.7. The lowest BCUT2D eigenvalue weighted by Gasteiger charge is -2.25. The number of nitrogens with one attached hydrogen (secondary N) is 1. The van der Waals surface area contributed by atoms with Crippen molar-refractivity contribution in [3.8, 4) is 0 Å². The summed E-state index contributed by atoms with van der Waals surface area (Å²) < 4.78 is 42.6. The van der Waals surface area contributed by atoms with Gasteiger partial charge >= 0.3 is 0 Å². The Morgan fingerprint density at radius 3 is 2.54 bits per heavy atom. The number of fused-ring (bicyclic) bond motifs is 1. The van der Waals surface area contributed by atoms with Gasteiger partial charge in [-0.05, 0) is 31.9 Å². The minimum atomic E-state index is -2.93. The van der Waals surface area contributed by atoms with E-state index in [0.717, 1.165) is 11.6 Å². The third kappa shape index (κ3) is 4.65. The maximum absolute atomic E-state index is 14.7. The highest BCUT2D eigenvalue weighted by atomic mass is 19.3. The third-order valence-electron chi connectivity index (χ3n) is 6.29. The molecule has 1 aliphatic rings. The quantitative estimate of drug-likeness (QED) is 0.575. The normalized spacial score (nSPS) is 14.9. The molecular formula is C25H26F3N5O2. The van der Waals surface area contributed by atoms with Crippen LogP contribution in [0.3, 0.4) is 0 Å². The highest BCUT2D eigenvalue weighted by Crippen LogP contribution is 2.31. The van der Waals surface area contributed by atoms with E-state index in [1.807, 2.05) is 6.08 Å². The van der Waals surface area contributed by atoms with Crippen molar-refractivity contribution >= 4 is 28.3 Å². The summed E-state index contributed by atoms with van der Waals surface area (Å²) >= 11 is 0. The summed E-state index contributed by atoms with van der Waals surface area (Å²) in [6.45, 7) is 5.75. The van der Waals surface area contributed by atoms with Crippen LogP contribution in [0.1, 0.15) is 55.3 Å². The Morgan fingerprint density at radius 1 is 1.20 bits per heavy atom. The lowest BCUT2D eigenvalue weighted by Crippen LogP contribution is -2.33. The van der Waals surface area contributed by atoms with Crippen molar-refractivity contribution in [2.75, 3.05) is 18.4 Å². The minimum Gasteiger partial charge on any atom is -0.363 e. The zero-order valence-corrected chi connectivity index (χ0v) is 19.9. The second-order valence-corrected chi connectivity index (χ2v) is 8.64. The summed E-state index contributed by atoms with van der Waals surface area (Å²) in [5.74, 6) is -0.238. The molecule has 0 fully saturated rings. The Bertz CT molecular complexity index is 1400. The zero-order chi connectivity index (χ0) is 25.4. The molecule has 0 saturated heterocycles. The molecule has 7 nitrogen and oxygen atoms in total. The summed E-state index contributed by atoms with van der Waals surface area (Å²) in [4.78, 5) is 35.4. The van der Waals surface area contributed by atoms with Crippen LogP contribution >= 0.6 is 0 Å². The fourth-order valence-corrected chi connectivity index (χ4v) is 4.33. The summed E-state index contributed by atoms with van der Waals surface area (Å²) in [6.07, 6.45) is -0.537. The fourth-order valence-electron chi connectivity index (χ4n) is 4.33. The Balaban J connectivity index is 1.79. The van der Waals surface area contributed by atoms with Gasteiger partial charge in [-0.2, -0.15) is 0 Å². The molecule has 1 aliphatic heterocycles. The largest absolute Gasteiger partial charge is 0.363 e. The van der Waals surface area contributed by atoms with Crippen molar-refractivity contribution in [1.82, 2.24) is 19.4 Å². The molecule has 0 radical (unpaired) electrons. The van der Waals surface area contributed by atoms with Crippen LogP contribution in [0, 0.1) is 12.7 Å². The molecule has 35 heavy (non-hydrogen) atoms. The number of carbonyl (C=O) groups excluding carboxylic acids is 1. The molecule has 0 aliphatic carbocycles. The zero-order valence-electron chi connectivity index (χ0n) is 19.9. The first-order valence-electron chi connectivity index (χ1n) is 11.2. The number of alkyl halides is 2. The minimum absolute atomic E-state index is 0.0285. The molecule has 1 N–H and O–H groups in total. The highest BCUT2D eigenvalue weighted by Gasteiger charge is 2.23. The number of aryl methyl sites for hydroxylation is 2. The summed E-state index contributed by atoms with van der Waals surface area (Å²) in [5.41, 5.74) is 0.875. The molecule has 1 atom stereocenters. The molecule has 3 heterocycles. The number of carbonyl (C=O) groups is 1. The molecule has 10 heteroatoms. The van der Waals surface area contributed by atoms with Crippen molar-refractivity contribution < 1.29 is 18.0 Å². The average Bonchev–Trinajstić information content (AvgIpc) is 2.81. The highest BCUT2D eigenvalue weighted by molar-refractivity contribution is 5.90. The van der Waals surface area contributed by atoms with E-state index in [1.54, 1.807) is 31.9 Å². The predicted molar refractivity (Wildman–Crippen MR) is 128 cm³/mol. The Hall–Kier alpha value is -3.69. The monoisotopic (exact) mass is 485 g/mol. The smallest absolute Gasteiger partial charge is 0.266 e. The molecule has 0 bridgehead atoms. The van der Waals surface area contributed by atoms with E-state index in [4.69, 9.17) is 0 Å². The number of nitrogens with zero attached hydrogens (tertiary/aromatic N) is 4. The van der Waals surface area contributed by atoms with Gasteiger partial charge in [0.05, 0.1) is 17.0 Å². The van der Waals surface area contributed by atoms with E-state index in [2.05, 4.69) is 15.3 Å². The van der Waals surface area contributed by atoms with Crippen LogP contribution < -0.4 is 10.9 Å². The Morgan fingerprint density at radius 2 is 1.91 bits per heavy atom. The first kappa shape index (κ1) is 24.4. The van der Waals surface area contributed by atoms with Gasteiger partial charge in [0.25, 0.3) is 12.0 Å². The van der Waals surface area contributed by atoms with Gasteiger partial charge in [0.2, 0.25) is 5.91 Å². The number of rotatable bonds is 5. The summed E-state index contributed by atoms with van der Waals surface area (Å²) in [5, 5.41) is 3.67. The van der Waals surface area contributed by atoms with Gasteiger partial charge in [-0.3, -0.25) is 14.2 Å². The molecule has 1 aromatic carbocycles. The predicted octanol–water partition coefficient (Wildman–Crippen LogP) is 4.52. The van der Waals surface area contributed by atoms with Gasteiger partial charge in [0.15, 0.2) is 0 Å².